The van der Waals surface area contributed by atoms with Crippen molar-refractivity contribution in [1.82, 2.24) is 4.90 Å². The molecule has 1 amide bonds. The van der Waals surface area contributed by atoms with Gasteiger partial charge in [0.1, 0.15) is 29.1 Å². The summed E-state index contributed by atoms with van der Waals surface area (Å²) in [5, 5.41) is 11.3. The quantitative estimate of drug-likeness (QED) is 0.334. The minimum absolute atomic E-state index is 0.107. The summed E-state index contributed by atoms with van der Waals surface area (Å²) in [7, 11) is 3.02. The summed E-state index contributed by atoms with van der Waals surface area (Å²) in [5.74, 6) is -0.581. The van der Waals surface area contributed by atoms with Gasteiger partial charge in [-0.15, -0.1) is 0 Å². The van der Waals surface area contributed by atoms with Crippen LogP contribution < -0.4 is 9.47 Å². The molecule has 1 saturated heterocycles. The van der Waals surface area contributed by atoms with Crippen molar-refractivity contribution < 1.29 is 28.6 Å². The van der Waals surface area contributed by atoms with E-state index >= 15 is 0 Å². The number of ether oxygens (including phenoxy) is 2. The molecule has 1 unspecified atom stereocenters. The van der Waals surface area contributed by atoms with Crippen LogP contribution in [0.25, 0.3) is 5.76 Å². The van der Waals surface area contributed by atoms with Gasteiger partial charge in [-0.05, 0) is 48.0 Å². The Morgan fingerprint density at radius 1 is 1.06 bits per heavy atom. The molecule has 3 aromatic rings. The summed E-state index contributed by atoms with van der Waals surface area (Å²) in [5.41, 5.74) is 0.826. The number of hydrogen-bond donors (Lipinski definition) is 1. The fourth-order valence-electron chi connectivity index (χ4n) is 3.71. The Kier molecular flexibility index (Phi) is 5.92. The van der Waals surface area contributed by atoms with E-state index in [1.165, 1.54) is 24.3 Å². The number of aliphatic hydroxyl groups excluding tert-OH is 1. The smallest absolute Gasteiger partial charge is 0.296 e. The second-order valence-electron chi connectivity index (χ2n) is 7.14. The molecule has 4 rings (SSSR count). The largest absolute Gasteiger partial charge is 0.507 e. The van der Waals surface area contributed by atoms with Crippen molar-refractivity contribution in [2.24, 2.45) is 0 Å². The normalized spacial score (nSPS) is 17.6. The number of benzene rings is 2. The van der Waals surface area contributed by atoms with E-state index in [-0.39, 0.29) is 22.7 Å². The minimum Gasteiger partial charge on any atom is -0.507 e. The van der Waals surface area contributed by atoms with E-state index in [1.54, 1.807) is 49.6 Å². The Morgan fingerprint density at radius 3 is 2.50 bits per heavy atom. The lowest BCUT2D eigenvalue weighted by Crippen LogP contribution is -2.29. The van der Waals surface area contributed by atoms with Crippen LogP contribution in [-0.2, 0) is 16.1 Å². The van der Waals surface area contributed by atoms with Gasteiger partial charge in [0, 0.05) is 12.1 Å². The average molecular weight is 454 g/mol. The second-order valence-corrected chi connectivity index (χ2v) is 7.55. The Balaban J connectivity index is 1.84. The summed E-state index contributed by atoms with van der Waals surface area (Å²) >= 11 is 6.29. The molecule has 32 heavy (non-hydrogen) atoms. The molecule has 164 valence electrons. The Hall–Kier alpha value is -3.71. The van der Waals surface area contributed by atoms with Gasteiger partial charge in [-0.3, -0.25) is 9.59 Å². The molecule has 2 heterocycles. The van der Waals surface area contributed by atoms with Crippen LogP contribution in [0.15, 0.2) is 70.9 Å². The number of carbonyl (C=O) groups excluding carboxylic acids is 2. The van der Waals surface area contributed by atoms with Crippen molar-refractivity contribution >= 4 is 29.1 Å². The highest BCUT2D eigenvalue weighted by molar-refractivity contribution is 6.46. The van der Waals surface area contributed by atoms with E-state index in [2.05, 4.69) is 0 Å². The number of halogens is 1. The van der Waals surface area contributed by atoms with Crippen LogP contribution in [0.5, 0.6) is 11.5 Å². The molecule has 0 bridgehead atoms. The van der Waals surface area contributed by atoms with E-state index < -0.39 is 23.5 Å². The standard InChI is InChI=1S/C24H20ClNO6/c1-30-15-6-3-5-14(11-15)13-26-21(19-7-4-10-32-19)20(23(28)24(26)29)22(27)17-12-16(31-2)8-9-18(17)25/h3-12,21,27H,13H2,1-2H3/b22-20-. The fourth-order valence-corrected chi connectivity index (χ4v) is 3.92. The zero-order valence-electron chi connectivity index (χ0n) is 17.4. The van der Waals surface area contributed by atoms with Gasteiger partial charge in [0.15, 0.2) is 0 Å². The summed E-state index contributed by atoms with van der Waals surface area (Å²) in [4.78, 5) is 27.4. The van der Waals surface area contributed by atoms with Crippen molar-refractivity contribution in [3.63, 3.8) is 0 Å². The van der Waals surface area contributed by atoms with Gasteiger partial charge in [-0.25, -0.2) is 0 Å². The van der Waals surface area contributed by atoms with Gasteiger partial charge >= 0.3 is 0 Å². The first-order valence-corrected chi connectivity index (χ1v) is 10.1. The van der Waals surface area contributed by atoms with Crippen LogP contribution in [0, 0.1) is 0 Å². The number of carbonyl (C=O) groups is 2. The number of hydrogen-bond acceptors (Lipinski definition) is 6. The van der Waals surface area contributed by atoms with Crippen molar-refractivity contribution in [1.29, 1.82) is 0 Å². The lowest BCUT2D eigenvalue weighted by Gasteiger charge is -2.23. The molecular weight excluding hydrogens is 434 g/mol. The molecule has 0 spiro atoms. The molecule has 2 aromatic carbocycles. The lowest BCUT2D eigenvalue weighted by molar-refractivity contribution is -0.140. The third kappa shape index (κ3) is 3.83. The van der Waals surface area contributed by atoms with E-state index in [4.69, 9.17) is 25.5 Å². The van der Waals surface area contributed by atoms with Gasteiger partial charge in [0.2, 0.25) is 0 Å². The number of aliphatic hydroxyl groups is 1. The monoisotopic (exact) mass is 453 g/mol. The third-order valence-electron chi connectivity index (χ3n) is 5.27. The van der Waals surface area contributed by atoms with Crippen LogP contribution in [-0.4, -0.2) is 35.9 Å². The molecular formula is C24H20ClNO6. The predicted molar refractivity (Wildman–Crippen MR) is 118 cm³/mol. The van der Waals surface area contributed by atoms with Crippen molar-refractivity contribution in [3.8, 4) is 11.5 Å². The fraction of sp³-hybridized carbons (Fsp3) is 0.167. The third-order valence-corrected chi connectivity index (χ3v) is 5.60. The summed E-state index contributed by atoms with van der Waals surface area (Å²) in [6, 6.07) is 14.2. The second kappa shape index (κ2) is 8.80. The highest BCUT2D eigenvalue weighted by atomic mass is 35.5. The van der Waals surface area contributed by atoms with Gasteiger partial charge in [0.25, 0.3) is 11.7 Å². The zero-order chi connectivity index (χ0) is 22.8. The van der Waals surface area contributed by atoms with E-state index in [0.717, 1.165) is 5.56 Å². The SMILES string of the molecule is COc1cccc(CN2C(=O)C(=O)/C(=C(\O)c3cc(OC)ccc3Cl)C2c2ccco2)c1. The average Bonchev–Trinajstić information content (AvgIpc) is 3.42. The van der Waals surface area contributed by atoms with Gasteiger partial charge in [-0.2, -0.15) is 0 Å². The number of amides is 1. The number of ketones is 1. The molecule has 1 fully saturated rings. The van der Waals surface area contributed by atoms with E-state index in [0.29, 0.717) is 17.3 Å². The number of likely N-dealkylation sites (tertiary alicyclic amines) is 1. The van der Waals surface area contributed by atoms with Crippen LogP contribution in [0.3, 0.4) is 0 Å². The number of furan rings is 1. The number of rotatable bonds is 6. The molecule has 8 heteroatoms. The Labute approximate surface area is 189 Å². The maximum absolute atomic E-state index is 13.1. The van der Waals surface area contributed by atoms with E-state index in [1.807, 2.05) is 6.07 Å². The molecule has 7 nitrogen and oxygen atoms in total. The van der Waals surface area contributed by atoms with Crippen LogP contribution in [0.4, 0.5) is 0 Å². The topological polar surface area (TPSA) is 89.2 Å². The number of Topliss-reactive ketones (excluding diaryl/α,β-unsaturated/α-hetero) is 1. The molecule has 0 radical (unpaired) electrons. The maximum Gasteiger partial charge on any atom is 0.296 e. The first-order chi connectivity index (χ1) is 15.4. The highest BCUT2D eigenvalue weighted by Crippen LogP contribution is 2.42. The summed E-state index contributed by atoms with van der Waals surface area (Å²) in [6.07, 6.45) is 1.44. The first-order valence-electron chi connectivity index (χ1n) is 9.73. The Bertz CT molecular complexity index is 1200. The minimum atomic E-state index is -0.932. The molecule has 1 aliphatic rings. The maximum atomic E-state index is 13.1. The number of nitrogens with zero attached hydrogens (tertiary/aromatic N) is 1. The molecule has 0 saturated carbocycles. The predicted octanol–water partition coefficient (Wildman–Crippen LogP) is 4.57. The first kappa shape index (κ1) is 21.5. The molecule has 1 aliphatic heterocycles. The highest BCUT2D eigenvalue weighted by Gasteiger charge is 2.47. The van der Waals surface area contributed by atoms with Crippen LogP contribution >= 0.6 is 11.6 Å². The molecule has 0 aliphatic carbocycles. The van der Waals surface area contributed by atoms with Crippen molar-refractivity contribution in [2.45, 2.75) is 12.6 Å². The lowest BCUT2D eigenvalue weighted by atomic mass is 9.99. The van der Waals surface area contributed by atoms with Crippen LogP contribution in [0.2, 0.25) is 5.02 Å². The molecule has 1 atom stereocenters. The zero-order valence-corrected chi connectivity index (χ0v) is 18.1. The summed E-state index contributed by atoms with van der Waals surface area (Å²) in [6.45, 7) is 0.107. The van der Waals surface area contributed by atoms with Crippen molar-refractivity contribution in [3.05, 3.63) is 88.3 Å². The van der Waals surface area contributed by atoms with Gasteiger partial charge in [-0.1, -0.05) is 23.7 Å². The van der Waals surface area contributed by atoms with Gasteiger partial charge < -0.3 is 23.9 Å². The number of methoxy groups -OCH3 is 2. The molecule has 1 aromatic heterocycles. The Morgan fingerprint density at radius 2 is 1.81 bits per heavy atom. The van der Waals surface area contributed by atoms with Gasteiger partial charge in [0.05, 0.1) is 31.1 Å². The van der Waals surface area contributed by atoms with E-state index in [9.17, 15) is 14.7 Å². The van der Waals surface area contributed by atoms with Crippen molar-refractivity contribution in [2.75, 3.05) is 14.2 Å². The summed E-state index contributed by atoms with van der Waals surface area (Å²) < 4.78 is 16.0. The molecule has 1 N–H and O–H groups in total. The van der Waals surface area contributed by atoms with Crippen LogP contribution in [0.1, 0.15) is 22.9 Å².